The van der Waals surface area contributed by atoms with E-state index in [-0.39, 0.29) is 6.42 Å². The summed E-state index contributed by atoms with van der Waals surface area (Å²) in [5, 5.41) is 12.7. The maximum atomic E-state index is 12.5. The molecule has 0 aliphatic rings. The summed E-state index contributed by atoms with van der Waals surface area (Å²) in [5.74, 6) is -1.50. The zero-order valence-electron chi connectivity index (χ0n) is 13.7. The van der Waals surface area contributed by atoms with Crippen molar-refractivity contribution >= 4 is 18.0 Å². The zero-order chi connectivity index (χ0) is 18.2. The topological polar surface area (TPSA) is 125 Å². The van der Waals surface area contributed by atoms with E-state index in [0.29, 0.717) is 0 Å². The number of hydrogen-bond acceptors (Lipinski definition) is 8. The van der Waals surface area contributed by atoms with Gasteiger partial charge in [0.1, 0.15) is 6.33 Å². The van der Waals surface area contributed by atoms with Crippen LogP contribution in [0.25, 0.3) is 0 Å². The number of tetrazole rings is 1. The molecule has 0 fully saturated rings. The molecule has 1 heterocycles. The Morgan fingerprint density at radius 1 is 1.24 bits per heavy atom. The van der Waals surface area contributed by atoms with Crippen molar-refractivity contribution in [1.29, 1.82) is 0 Å². The van der Waals surface area contributed by atoms with Crippen molar-refractivity contribution in [2.75, 3.05) is 7.11 Å². The van der Waals surface area contributed by atoms with E-state index in [1.807, 2.05) is 35.6 Å². The number of esters is 1. The molecule has 0 unspecified atom stereocenters. The van der Waals surface area contributed by atoms with E-state index in [4.69, 9.17) is 4.74 Å². The summed E-state index contributed by atoms with van der Waals surface area (Å²) in [4.78, 5) is 35.3. The molecule has 0 saturated heterocycles. The number of carbonyl (C=O) groups excluding carboxylic acids is 3. The fourth-order valence-corrected chi connectivity index (χ4v) is 1.99. The number of rotatable bonds is 6. The smallest absolute Gasteiger partial charge is 0.413 e. The molecule has 10 heteroatoms. The van der Waals surface area contributed by atoms with E-state index in [0.717, 1.165) is 12.7 Å². The van der Waals surface area contributed by atoms with E-state index in [1.165, 1.54) is 17.9 Å². The lowest BCUT2D eigenvalue weighted by molar-refractivity contribution is -0.158. The predicted octanol–water partition coefficient (Wildman–Crippen LogP) is 0.271. The number of imide groups is 1. The molecular weight excluding hydrogens is 330 g/mol. The minimum absolute atomic E-state index is 0.274. The van der Waals surface area contributed by atoms with Crippen molar-refractivity contribution in [3.63, 3.8) is 0 Å². The minimum Gasteiger partial charge on any atom is -0.453 e. The van der Waals surface area contributed by atoms with Gasteiger partial charge in [-0.15, -0.1) is 5.10 Å². The van der Waals surface area contributed by atoms with E-state index < -0.39 is 30.1 Å². The summed E-state index contributed by atoms with van der Waals surface area (Å²) >= 11 is 0. The van der Waals surface area contributed by atoms with Gasteiger partial charge in [-0.05, 0) is 22.9 Å². The van der Waals surface area contributed by atoms with E-state index >= 15 is 0 Å². The first kappa shape index (κ1) is 18.0. The molecule has 1 aromatic heterocycles. The zero-order valence-corrected chi connectivity index (χ0v) is 13.7. The number of benzene rings is 1. The van der Waals surface area contributed by atoms with Crippen LogP contribution in [0, 0.1) is 0 Å². The third-order valence-electron chi connectivity index (χ3n) is 3.30. The monoisotopic (exact) mass is 347 g/mol. The van der Waals surface area contributed by atoms with Crippen LogP contribution in [-0.4, -0.2) is 51.4 Å². The number of alkyl carbamates (subject to hydrolysis) is 1. The maximum Gasteiger partial charge on any atom is 0.413 e. The molecule has 0 saturated carbocycles. The molecule has 2 amide bonds. The van der Waals surface area contributed by atoms with Crippen LogP contribution >= 0.6 is 0 Å². The number of hydrogen-bond donors (Lipinski definition) is 1. The first-order valence-corrected chi connectivity index (χ1v) is 7.37. The van der Waals surface area contributed by atoms with Crippen molar-refractivity contribution in [1.82, 2.24) is 25.5 Å². The largest absolute Gasteiger partial charge is 0.453 e. The fourth-order valence-electron chi connectivity index (χ4n) is 1.99. The van der Waals surface area contributed by atoms with Gasteiger partial charge in [0, 0.05) is 6.42 Å². The average Bonchev–Trinajstić information content (AvgIpc) is 3.14. The van der Waals surface area contributed by atoms with Crippen LogP contribution in [0.3, 0.4) is 0 Å². The summed E-state index contributed by atoms with van der Waals surface area (Å²) in [6.07, 6.45) is -0.569. The summed E-state index contributed by atoms with van der Waals surface area (Å²) in [5.41, 5.74) is 0.867. The van der Waals surface area contributed by atoms with Crippen molar-refractivity contribution in [2.45, 2.75) is 25.5 Å². The summed E-state index contributed by atoms with van der Waals surface area (Å²) in [7, 11) is 1.12. The predicted molar refractivity (Wildman–Crippen MR) is 83.1 cm³/mol. The van der Waals surface area contributed by atoms with Crippen LogP contribution < -0.4 is 5.32 Å². The molecular formula is C15H17N5O5. The fraction of sp³-hybridized carbons (Fsp3) is 0.333. The van der Waals surface area contributed by atoms with E-state index in [2.05, 4.69) is 20.3 Å². The Bertz CT molecular complexity index is 719. The Morgan fingerprint density at radius 2 is 1.96 bits per heavy atom. The Labute approximate surface area is 143 Å². The Kier molecular flexibility index (Phi) is 6.15. The average molecular weight is 347 g/mol. The molecule has 2 rings (SSSR count). The number of carbonyl (C=O) groups is 3. The Balaban J connectivity index is 2.08. The number of methoxy groups -OCH3 is 1. The van der Waals surface area contributed by atoms with Crippen LogP contribution in [-0.2, 0) is 25.5 Å². The molecule has 2 aromatic rings. The molecule has 10 nitrogen and oxygen atoms in total. The second kappa shape index (κ2) is 8.52. The highest BCUT2D eigenvalue weighted by molar-refractivity contribution is 5.95. The van der Waals surface area contributed by atoms with E-state index in [1.54, 1.807) is 0 Å². The number of nitrogens with zero attached hydrogens (tertiary/aromatic N) is 4. The quantitative estimate of drug-likeness (QED) is 0.738. The van der Waals surface area contributed by atoms with Gasteiger partial charge in [0.2, 0.25) is 0 Å². The molecule has 0 radical (unpaired) electrons. The summed E-state index contributed by atoms with van der Waals surface area (Å²) < 4.78 is 10.7. The van der Waals surface area contributed by atoms with Crippen LogP contribution in [0.1, 0.15) is 18.5 Å². The maximum absolute atomic E-state index is 12.5. The lowest BCUT2D eigenvalue weighted by Crippen LogP contribution is -2.40. The molecule has 132 valence electrons. The van der Waals surface area contributed by atoms with Gasteiger partial charge in [-0.2, -0.15) is 0 Å². The van der Waals surface area contributed by atoms with Crippen LogP contribution in [0.5, 0.6) is 0 Å². The lowest BCUT2D eigenvalue weighted by Gasteiger charge is -2.18. The number of amides is 2. The van der Waals surface area contributed by atoms with Crippen molar-refractivity contribution in [3.05, 3.63) is 42.2 Å². The van der Waals surface area contributed by atoms with Gasteiger partial charge in [-0.25, -0.2) is 14.3 Å². The lowest BCUT2D eigenvalue weighted by atomic mass is 10.1. The van der Waals surface area contributed by atoms with Gasteiger partial charge in [0.25, 0.3) is 5.91 Å². The van der Waals surface area contributed by atoms with Crippen LogP contribution in [0.2, 0.25) is 0 Å². The van der Waals surface area contributed by atoms with Crippen molar-refractivity contribution in [3.8, 4) is 0 Å². The molecule has 0 aliphatic heterocycles. The molecule has 0 spiro atoms. The van der Waals surface area contributed by atoms with Gasteiger partial charge in [0.05, 0.1) is 7.11 Å². The molecule has 2 atom stereocenters. The van der Waals surface area contributed by atoms with Gasteiger partial charge < -0.3 is 9.47 Å². The molecule has 1 N–H and O–H groups in total. The molecule has 1 aromatic carbocycles. The summed E-state index contributed by atoms with van der Waals surface area (Å²) in [6.45, 7) is 1.34. The SMILES string of the molecule is COC(=O)NC(=O)[C@H](C)OC(=O)[C@H](Cc1ccccc1)n1cnnn1. The standard InChI is InChI=1S/C15H17N5O5/c1-10(13(21)17-15(23)24-2)25-14(22)12(20-9-16-18-19-20)8-11-6-4-3-5-7-11/h3-7,9-10,12H,8H2,1-2H3,(H,17,21,23)/t10-,12-/m0/s1. The van der Waals surface area contributed by atoms with Crippen LogP contribution in [0.4, 0.5) is 4.79 Å². The second-order valence-electron chi connectivity index (χ2n) is 5.06. The third-order valence-corrected chi connectivity index (χ3v) is 3.30. The van der Waals surface area contributed by atoms with Gasteiger partial charge in [-0.3, -0.25) is 10.1 Å². The highest BCUT2D eigenvalue weighted by Crippen LogP contribution is 2.15. The number of ether oxygens (including phenoxy) is 2. The molecule has 25 heavy (non-hydrogen) atoms. The van der Waals surface area contributed by atoms with Crippen LogP contribution in [0.15, 0.2) is 36.7 Å². The highest BCUT2D eigenvalue weighted by Gasteiger charge is 2.28. The Morgan fingerprint density at radius 3 is 2.56 bits per heavy atom. The number of nitrogens with one attached hydrogen (secondary N) is 1. The van der Waals surface area contributed by atoms with Gasteiger partial charge in [-0.1, -0.05) is 30.3 Å². The van der Waals surface area contributed by atoms with Crippen molar-refractivity contribution in [2.24, 2.45) is 0 Å². The van der Waals surface area contributed by atoms with Crippen molar-refractivity contribution < 1.29 is 23.9 Å². The Hall–Kier alpha value is -3.30. The van der Waals surface area contributed by atoms with E-state index in [9.17, 15) is 14.4 Å². The van der Waals surface area contributed by atoms with Gasteiger partial charge >= 0.3 is 12.1 Å². The first-order chi connectivity index (χ1) is 12.0. The first-order valence-electron chi connectivity index (χ1n) is 7.37. The summed E-state index contributed by atoms with van der Waals surface area (Å²) in [6, 6.07) is 8.36. The van der Waals surface area contributed by atoms with Gasteiger partial charge in [0.15, 0.2) is 12.1 Å². The highest BCUT2D eigenvalue weighted by atomic mass is 16.6. The second-order valence-corrected chi connectivity index (χ2v) is 5.06. The third kappa shape index (κ3) is 5.09. The molecule has 0 aliphatic carbocycles. The number of aromatic nitrogens is 4. The normalized spacial score (nSPS) is 12.7. The molecule has 0 bridgehead atoms. The minimum atomic E-state index is -1.19.